The molecule has 1 heterocycles. The van der Waals surface area contributed by atoms with Crippen LogP contribution in [0.25, 0.3) is 6.08 Å². The largest absolute Gasteiger partial charge is 0.399 e. The molecule has 6 nitrogen and oxygen atoms in total. The molecule has 3 N–H and O–H groups in total. The van der Waals surface area contributed by atoms with Crippen molar-refractivity contribution in [3.63, 3.8) is 0 Å². The minimum absolute atomic E-state index is 0.150. The van der Waals surface area contributed by atoms with E-state index < -0.39 is 0 Å². The lowest BCUT2D eigenvalue weighted by Crippen LogP contribution is -2.50. The van der Waals surface area contributed by atoms with E-state index in [4.69, 9.17) is 5.73 Å². The van der Waals surface area contributed by atoms with Gasteiger partial charge in [0.15, 0.2) is 0 Å². The number of nitrogens with two attached hydrogens (primary N) is 1. The van der Waals surface area contributed by atoms with Gasteiger partial charge in [0, 0.05) is 44.8 Å². The van der Waals surface area contributed by atoms with Crippen molar-refractivity contribution in [1.82, 2.24) is 15.1 Å². The normalized spacial score (nSPS) is 15.2. The first kappa shape index (κ1) is 20.6. The number of hydrogen-bond donors (Lipinski definition) is 2. The monoisotopic (exact) mass is 392 g/mol. The Kier molecular flexibility index (Phi) is 7.03. The minimum Gasteiger partial charge on any atom is -0.399 e. The van der Waals surface area contributed by atoms with Crippen LogP contribution in [0.4, 0.5) is 5.69 Å². The third-order valence-electron chi connectivity index (χ3n) is 4.98. The first-order valence-electron chi connectivity index (χ1n) is 9.98. The van der Waals surface area contributed by atoms with Gasteiger partial charge in [0.2, 0.25) is 5.91 Å². The van der Waals surface area contributed by atoms with E-state index in [1.165, 1.54) is 5.56 Å². The number of carbonyl (C=O) groups is 2. The van der Waals surface area contributed by atoms with Gasteiger partial charge in [0.25, 0.3) is 5.91 Å². The molecule has 6 heteroatoms. The van der Waals surface area contributed by atoms with Gasteiger partial charge in [-0.2, -0.15) is 0 Å². The first-order valence-corrected chi connectivity index (χ1v) is 9.98. The number of amides is 2. The van der Waals surface area contributed by atoms with Crippen LogP contribution in [0.5, 0.6) is 0 Å². The van der Waals surface area contributed by atoms with Crippen molar-refractivity contribution < 1.29 is 9.59 Å². The van der Waals surface area contributed by atoms with Gasteiger partial charge >= 0.3 is 0 Å². The summed E-state index contributed by atoms with van der Waals surface area (Å²) < 4.78 is 0. The molecule has 1 saturated heterocycles. The van der Waals surface area contributed by atoms with Crippen molar-refractivity contribution in [2.75, 3.05) is 31.9 Å². The average molecular weight is 393 g/mol. The third kappa shape index (κ3) is 5.93. The van der Waals surface area contributed by atoms with Crippen molar-refractivity contribution in [3.8, 4) is 0 Å². The van der Waals surface area contributed by atoms with Crippen LogP contribution in [0.1, 0.15) is 24.5 Å². The average Bonchev–Trinajstić information content (AvgIpc) is 2.75. The van der Waals surface area contributed by atoms with Gasteiger partial charge in [0.05, 0.1) is 0 Å². The van der Waals surface area contributed by atoms with Gasteiger partial charge < -0.3 is 16.0 Å². The Hall–Kier alpha value is -3.12. The summed E-state index contributed by atoms with van der Waals surface area (Å²) in [7, 11) is 0. The van der Waals surface area contributed by atoms with E-state index >= 15 is 0 Å². The van der Waals surface area contributed by atoms with Crippen molar-refractivity contribution in [1.29, 1.82) is 0 Å². The summed E-state index contributed by atoms with van der Waals surface area (Å²) in [5.74, 6) is -0.328. The van der Waals surface area contributed by atoms with Crippen molar-refractivity contribution >= 4 is 23.6 Å². The Morgan fingerprint density at radius 2 is 1.66 bits per heavy atom. The second kappa shape index (κ2) is 9.89. The molecule has 2 amide bonds. The number of carbonyl (C=O) groups excluding carboxylic acids is 2. The van der Waals surface area contributed by atoms with Crippen LogP contribution in [0, 0.1) is 0 Å². The SMILES string of the molecule is CCC(=O)N/C(=C/c1ccc(N)cc1)C(=O)N1CCN(Cc2ccccc2)CC1. The zero-order valence-corrected chi connectivity index (χ0v) is 16.8. The molecule has 2 aromatic carbocycles. The summed E-state index contributed by atoms with van der Waals surface area (Å²) in [6, 6.07) is 17.5. The summed E-state index contributed by atoms with van der Waals surface area (Å²) in [5.41, 5.74) is 8.78. The van der Waals surface area contributed by atoms with Crippen LogP contribution in [-0.2, 0) is 16.1 Å². The Morgan fingerprint density at radius 3 is 2.28 bits per heavy atom. The number of anilines is 1. The number of rotatable bonds is 6. The molecule has 0 aliphatic carbocycles. The van der Waals surface area contributed by atoms with Gasteiger partial charge in [0.1, 0.15) is 5.70 Å². The van der Waals surface area contributed by atoms with E-state index in [0.717, 1.165) is 25.2 Å². The fraction of sp³-hybridized carbons (Fsp3) is 0.304. The highest BCUT2D eigenvalue weighted by Crippen LogP contribution is 2.14. The van der Waals surface area contributed by atoms with E-state index in [2.05, 4.69) is 22.3 Å². The van der Waals surface area contributed by atoms with E-state index in [-0.39, 0.29) is 11.8 Å². The predicted molar refractivity (Wildman–Crippen MR) is 116 cm³/mol. The Bertz CT molecular complexity index is 854. The fourth-order valence-electron chi connectivity index (χ4n) is 3.27. The molecule has 0 bridgehead atoms. The van der Waals surface area contributed by atoms with Crippen LogP contribution in [0.2, 0.25) is 0 Å². The zero-order valence-electron chi connectivity index (χ0n) is 16.8. The summed E-state index contributed by atoms with van der Waals surface area (Å²) in [6.45, 7) is 5.51. The fourth-order valence-corrected chi connectivity index (χ4v) is 3.27. The van der Waals surface area contributed by atoms with Gasteiger partial charge in [-0.05, 0) is 29.3 Å². The highest BCUT2D eigenvalue weighted by Gasteiger charge is 2.24. The van der Waals surface area contributed by atoms with Crippen LogP contribution in [0.3, 0.4) is 0 Å². The maximum Gasteiger partial charge on any atom is 0.270 e. The lowest BCUT2D eigenvalue weighted by atomic mass is 10.1. The Labute approximate surface area is 172 Å². The molecule has 0 spiro atoms. The highest BCUT2D eigenvalue weighted by molar-refractivity contribution is 6.01. The molecule has 0 unspecified atom stereocenters. The van der Waals surface area contributed by atoms with E-state index in [1.807, 2.05) is 30.3 Å². The maximum absolute atomic E-state index is 13.1. The molecule has 152 valence electrons. The number of nitrogens with one attached hydrogen (secondary N) is 1. The molecule has 0 aromatic heterocycles. The van der Waals surface area contributed by atoms with Crippen LogP contribution in [-0.4, -0.2) is 47.8 Å². The van der Waals surface area contributed by atoms with E-state index in [9.17, 15) is 9.59 Å². The van der Waals surface area contributed by atoms with Crippen LogP contribution >= 0.6 is 0 Å². The first-order chi connectivity index (χ1) is 14.0. The maximum atomic E-state index is 13.1. The van der Waals surface area contributed by atoms with Crippen LogP contribution < -0.4 is 11.1 Å². The number of piperazine rings is 1. The van der Waals surface area contributed by atoms with Crippen molar-refractivity contribution in [2.24, 2.45) is 0 Å². The number of nitrogen functional groups attached to an aromatic ring is 1. The molecular weight excluding hydrogens is 364 g/mol. The minimum atomic E-state index is -0.178. The lowest BCUT2D eigenvalue weighted by molar-refractivity contribution is -0.131. The van der Waals surface area contributed by atoms with Gasteiger partial charge in [-0.15, -0.1) is 0 Å². The highest BCUT2D eigenvalue weighted by atomic mass is 16.2. The lowest BCUT2D eigenvalue weighted by Gasteiger charge is -2.35. The Morgan fingerprint density at radius 1 is 1.00 bits per heavy atom. The summed E-state index contributed by atoms with van der Waals surface area (Å²) in [6.07, 6.45) is 2.03. The number of hydrogen-bond acceptors (Lipinski definition) is 4. The van der Waals surface area contributed by atoms with Crippen molar-refractivity contribution in [2.45, 2.75) is 19.9 Å². The molecule has 2 aromatic rings. The molecule has 1 fully saturated rings. The molecule has 0 saturated carbocycles. The standard InChI is InChI=1S/C23H28N4O2/c1-2-22(28)25-21(16-18-8-10-20(24)11-9-18)23(29)27-14-12-26(13-15-27)17-19-6-4-3-5-7-19/h3-11,16H,2,12-15,17,24H2,1H3,(H,25,28)/b21-16+. The molecule has 1 aliphatic rings. The molecule has 3 rings (SSSR count). The second-order valence-corrected chi connectivity index (χ2v) is 7.18. The van der Waals surface area contributed by atoms with Gasteiger partial charge in [-0.25, -0.2) is 0 Å². The number of nitrogens with zero attached hydrogens (tertiary/aromatic N) is 2. The molecular formula is C23H28N4O2. The van der Waals surface area contributed by atoms with Crippen molar-refractivity contribution in [3.05, 3.63) is 71.4 Å². The predicted octanol–water partition coefficient (Wildman–Crippen LogP) is 2.48. The third-order valence-corrected chi connectivity index (χ3v) is 4.98. The molecule has 0 atom stereocenters. The summed E-state index contributed by atoms with van der Waals surface area (Å²) >= 11 is 0. The zero-order chi connectivity index (χ0) is 20.6. The summed E-state index contributed by atoms with van der Waals surface area (Å²) in [5, 5.41) is 2.76. The van der Waals surface area contributed by atoms with Gasteiger partial charge in [-0.1, -0.05) is 49.4 Å². The quantitative estimate of drug-likeness (QED) is 0.585. The number of benzene rings is 2. The smallest absolute Gasteiger partial charge is 0.270 e. The van der Waals surface area contributed by atoms with E-state index in [1.54, 1.807) is 30.0 Å². The molecule has 0 radical (unpaired) electrons. The topological polar surface area (TPSA) is 78.7 Å². The van der Waals surface area contributed by atoms with Crippen LogP contribution in [0.15, 0.2) is 60.3 Å². The Balaban J connectivity index is 1.66. The molecule has 29 heavy (non-hydrogen) atoms. The van der Waals surface area contributed by atoms with Gasteiger partial charge in [-0.3, -0.25) is 14.5 Å². The summed E-state index contributed by atoms with van der Waals surface area (Å²) in [4.78, 5) is 29.2. The van der Waals surface area contributed by atoms with E-state index in [0.29, 0.717) is 30.9 Å². The molecule has 1 aliphatic heterocycles. The second-order valence-electron chi connectivity index (χ2n) is 7.18.